The molecule has 1 aliphatic carbocycles. The largest absolute Gasteiger partial charge is 0.380 e. The first kappa shape index (κ1) is 11.4. The predicted octanol–water partition coefficient (Wildman–Crippen LogP) is 1.37. The topological polar surface area (TPSA) is 38.5 Å². The van der Waals surface area contributed by atoms with Gasteiger partial charge in [0, 0.05) is 24.7 Å². The lowest BCUT2D eigenvalue weighted by atomic mass is 9.79. The van der Waals surface area contributed by atoms with Gasteiger partial charge in [-0.1, -0.05) is 19.3 Å². The Morgan fingerprint density at radius 2 is 2.07 bits per heavy atom. The molecular weight excluding hydrogens is 188 g/mol. The van der Waals surface area contributed by atoms with Crippen LogP contribution in [0.15, 0.2) is 0 Å². The summed E-state index contributed by atoms with van der Waals surface area (Å²) in [5, 5.41) is 0. The third-order valence-electron chi connectivity index (χ3n) is 4.37. The van der Waals surface area contributed by atoms with Crippen molar-refractivity contribution in [3.63, 3.8) is 0 Å². The van der Waals surface area contributed by atoms with Crippen molar-refractivity contribution in [2.75, 3.05) is 26.8 Å². The van der Waals surface area contributed by atoms with Crippen LogP contribution in [0.1, 0.15) is 38.5 Å². The summed E-state index contributed by atoms with van der Waals surface area (Å²) >= 11 is 0. The van der Waals surface area contributed by atoms with Gasteiger partial charge in [-0.2, -0.15) is 0 Å². The molecule has 88 valence electrons. The van der Waals surface area contributed by atoms with Crippen molar-refractivity contribution in [1.29, 1.82) is 0 Å². The number of rotatable bonds is 3. The lowest BCUT2D eigenvalue weighted by Gasteiger charge is -2.46. The average molecular weight is 212 g/mol. The first-order valence-electron chi connectivity index (χ1n) is 6.29. The predicted molar refractivity (Wildman–Crippen MR) is 61.9 cm³/mol. The van der Waals surface area contributed by atoms with Crippen LogP contribution in [0.25, 0.3) is 0 Å². The Balaban J connectivity index is 2.02. The SMILES string of the molecule is CN(C1CCOC1)C1(CN)CCCCC1. The molecule has 1 atom stereocenters. The summed E-state index contributed by atoms with van der Waals surface area (Å²) in [5.41, 5.74) is 6.30. The molecule has 0 aromatic carbocycles. The summed E-state index contributed by atoms with van der Waals surface area (Å²) in [6.07, 6.45) is 7.80. The highest BCUT2D eigenvalue weighted by atomic mass is 16.5. The van der Waals surface area contributed by atoms with Crippen LogP contribution < -0.4 is 5.73 Å². The van der Waals surface area contributed by atoms with E-state index in [1.165, 1.54) is 38.5 Å². The highest BCUT2D eigenvalue weighted by Gasteiger charge is 2.38. The van der Waals surface area contributed by atoms with Crippen molar-refractivity contribution in [2.24, 2.45) is 5.73 Å². The fourth-order valence-corrected chi connectivity index (χ4v) is 3.13. The van der Waals surface area contributed by atoms with Gasteiger partial charge in [-0.3, -0.25) is 4.90 Å². The van der Waals surface area contributed by atoms with Gasteiger partial charge in [0.2, 0.25) is 0 Å². The zero-order valence-corrected chi connectivity index (χ0v) is 9.87. The molecule has 0 spiro atoms. The lowest BCUT2D eigenvalue weighted by molar-refractivity contribution is 0.0373. The molecule has 0 amide bonds. The van der Waals surface area contributed by atoms with Gasteiger partial charge in [-0.15, -0.1) is 0 Å². The van der Waals surface area contributed by atoms with Gasteiger partial charge in [-0.25, -0.2) is 0 Å². The van der Waals surface area contributed by atoms with E-state index in [2.05, 4.69) is 11.9 Å². The maximum atomic E-state index is 6.02. The summed E-state index contributed by atoms with van der Waals surface area (Å²) in [4.78, 5) is 2.53. The number of nitrogens with two attached hydrogens (primary N) is 1. The van der Waals surface area contributed by atoms with E-state index in [4.69, 9.17) is 10.5 Å². The molecule has 3 nitrogen and oxygen atoms in total. The van der Waals surface area contributed by atoms with Crippen molar-refractivity contribution < 1.29 is 4.74 Å². The minimum atomic E-state index is 0.274. The van der Waals surface area contributed by atoms with E-state index < -0.39 is 0 Å². The molecule has 1 aliphatic heterocycles. The summed E-state index contributed by atoms with van der Waals surface area (Å²) in [5.74, 6) is 0. The second kappa shape index (κ2) is 4.81. The van der Waals surface area contributed by atoms with Crippen LogP contribution in [-0.4, -0.2) is 43.3 Å². The standard InChI is InChI=1S/C12H24N2O/c1-14(11-5-8-15-9-11)12(10-13)6-3-2-4-7-12/h11H,2-10,13H2,1H3. The fraction of sp³-hybridized carbons (Fsp3) is 1.00. The molecule has 1 heterocycles. The maximum Gasteiger partial charge on any atom is 0.0622 e. The van der Waals surface area contributed by atoms with Crippen LogP contribution in [0.4, 0.5) is 0 Å². The first-order valence-corrected chi connectivity index (χ1v) is 6.29. The summed E-state index contributed by atoms with van der Waals surface area (Å²) in [7, 11) is 2.25. The van der Waals surface area contributed by atoms with E-state index in [1.54, 1.807) is 0 Å². The lowest BCUT2D eigenvalue weighted by Crippen LogP contribution is -2.57. The van der Waals surface area contributed by atoms with Crippen molar-refractivity contribution in [1.82, 2.24) is 4.90 Å². The molecule has 2 rings (SSSR count). The molecule has 2 aliphatic rings. The van der Waals surface area contributed by atoms with E-state index in [9.17, 15) is 0 Å². The summed E-state index contributed by atoms with van der Waals surface area (Å²) in [6, 6.07) is 0.603. The number of ether oxygens (including phenoxy) is 1. The van der Waals surface area contributed by atoms with Crippen LogP contribution in [-0.2, 0) is 4.74 Å². The van der Waals surface area contributed by atoms with Gasteiger partial charge in [0.15, 0.2) is 0 Å². The number of nitrogens with zero attached hydrogens (tertiary/aromatic N) is 1. The van der Waals surface area contributed by atoms with Gasteiger partial charge < -0.3 is 10.5 Å². The minimum absolute atomic E-state index is 0.274. The minimum Gasteiger partial charge on any atom is -0.380 e. The highest BCUT2D eigenvalue weighted by Crippen LogP contribution is 2.34. The van der Waals surface area contributed by atoms with Crippen LogP contribution in [0.3, 0.4) is 0 Å². The molecular formula is C12H24N2O. The monoisotopic (exact) mass is 212 g/mol. The molecule has 2 fully saturated rings. The van der Waals surface area contributed by atoms with E-state index >= 15 is 0 Å². The Kier molecular flexibility index (Phi) is 3.65. The third-order valence-corrected chi connectivity index (χ3v) is 4.37. The zero-order chi connectivity index (χ0) is 10.7. The van der Waals surface area contributed by atoms with Crippen molar-refractivity contribution in [3.8, 4) is 0 Å². The molecule has 3 heteroatoms. The van der Waals surface area contributed by atoms with Gasteiger partial charge in [0.25, 0.3) is 0 Å². The van der Waals surface area contributed by atoms with Crippen molar-refractivity contribution in [3.05, 3.63) is 0 Å². The van der Waals surface area contributed by atoms with Gasteiger partial charge >= 0.3 is 0 Å². The number of hydrogen-bond donors (Lipinski definition) is 1. The molecule has 1 unspecified atom stereocenters. The van der Waals surface area contributed by atoms with Gasteiger partial charge in [0.1, 0.15) is 0 Å². The van der Waals surface area contributed by atoms with E-state index in [-0.39, 0.29) is 5.54 Å². The van der Waals surface area contributed by atoms with E-state index in [0.717, 1.165) is 19.8 Å². The third kappa shape index (κ3) is 2.19. The van der Waals surface area contributed by atoms with E-state index in [0.29, 0.717) is 6.04 Å². The maximum absolute atomic E-state index is 6.02. The Morgan fingerprint density at radius 3 is 2.60 bits per heavy atom. The Labute approximate surface area is 93.0 Å². The quantitative estimate of drug-likeness (QED) is 0.768. The van der Waals surface area contributed by atoms with Crippen LogP contribution in [0.5, 0.6) is 0 Å². The summed E-state index contributed by atoms with van der Waals surface area (Å²) < 4.78 is 5.48. The molecule has 0 radical (unpaired) electrons. The van der Waals surface area contributed by atoms with Crippen molar-refractivity contribution in [2.45, 2.75) is 50.1 Å². The number of likely N-dealkylation sites (N-methyl/N-ethyl adjacent to an activating group) is 1. The highest BCUT2D eigenvalue weighted by molar-refractivity contribution is 4.96. The Hall–Kier alpha value is -0.120. The van der Waals surface area contributed by atoms with E-state index in [1.807, 2.05) is 0 Å². The molecule has 0 aromatic rings. The van der Waals surface area contributed by atoms with Gasteiger partial charge in [0.05, 0.1) is 6.61 Å². The van der Waals surface area contributed by atoms with Crippen LogP contribution in [0, 0.1) is 0 Å². The van der Waals surface area contributed by atoms with Gasteiger partial charge in [-0.05, 0) is 26.3 Å². The van der Waals surface area contributed by atoms with Crippen LogP contribution >= 0.6 is 0 Å². The molecule has 15 heavy (non-hydrogen) atoms. The average Bonchev–Trinajstić information content (AvgIpc) is 2.82. The smallest absolute Gasteiger partial charge is 0.0622 e. The molecule has 1 saturated carbocycles. The number of hydrogen-bond acceptors (Lipinski definition) is 3. The molecule has 0 bridgehead atoms. The second-order valence-electron chi connectivity index (χ2n) is 5.12. The molecule has 2 N–H and O–H groups in total. The fourth-order valence-electron chi connectivity index (χ4n) is 3.13. The second-order valence-corrected chi connectivity index (χ2v) is 5.12. The van der Waals surface area contributed by atoms with Crippen LogP contribution in [0.2, 0.25) is 0 Å². The first-order chi connectivity index (χ1) is 7.28. The Morgan fingerprint density at radius 1 is 1.33 bits per heavy atom. The summed E-state index contributed by atoms with van der Waals surface area (Å²) in [6.45, 7) is 2.63. The van der Waals surface area contributed by atoms with Crippen molar-refractivity contribution >= 4 is 0 Å². The molecule has 1 saturated heterocycles. The Bertz CT molecular complexity index is 196. The zero-order valence-electron chi connectivity index (χ0n) is 9.87. The normalized spacial score (nSPS) is 31.0. The molecule has 0 aromatic heterocycles.